The van der Waals surface area contributed by atoms with Gasteiger partial charge >= 0.3 is 0 Å². The van der Waals surface area contributed by atoms with Gasteiger partial charge in [-0.3, -0.25) is 9.69 Å². The maximum absolute atomic E-state index is 13.4. The Balaban J connectivity index is 1.97. The summed E-state index contributed by atoms with van der Waals surface area (Å²) in [6, 6.07) is 13.4. The molecule has 0 atom stereocenters. The van der Waals surface area contributed by atoms with E-state index in [2.05, 4.69) is 15.9 Å². The van der Waals surface area contributed by atoms with Crippen LogP contribution in [0.1, 0.15) is 5.56 Å². The first kappa shape index (κ1) is 15.4. The largest absolute Gasteiger partial charge is 0.270 e. The smallest absolute Gasteiger partial charge is 0.268 e. The van der Waals surface area contributed by atoms with Crippen LogP contribution in [-0.2, 0) is 4.79 Å². The van der Waals surface area contributed by atoms with Crippen molar-refractivity contribution in [2.45, 2.75) is 0 Å². The lowest BCUT2D eigenvalue weighted by atomic mass is 10.2. The van der Waals surface area contributed by atoms with E-state index in [1.807, 2.05) is 24.3 Å². The Morgan fingerprint density at radius 2 is 1.95 bits per heavy atom. The Hall–Kier alpha value is -1.50. The van der Waals surface area contributed by atoms with Crippen LogP contribution in [0.25, 0.3) is 6.08 Å². The normalized spacial score (nSPS) is 16.6. The molecule has 22 heavy (non-hydrogen) atoms. The Bertz CT molecular complexity index is 806. The minimum absolute atomic E-state index is 0.239. The summed E-state index contributed by atoms with van der Waals surface area (Å²) in [7, 11) is 0. The van der Waals surface area contributed by atoms with Crippen molar-refractivity contribution in [1.82, 2.24) is 0 Å². The number of carbonyl (C=O) groups is 1. The quantitative estimate of drug-likeness (QED) is 0.529. The molecular formula is C16H9BrFNOS2. The molecule has 2 aromatic carbocycles. The standard InChI is InChI=1S/C16H9BrFNOS2/c17-13-7-2-1-4-10(13)8-14-15(20)19(16(21)22-14)12-6-3-5-11(18)9-12/h1-9H. The number of anilines is 1. The van der Waals surface area contributed by atoms with Crippen molar-refractivity contribution in [2.24, 2.45) is 0 Å². The third kappa shape index (κ3) is 2.99. The van der Waals surface area contributed by atoms with Crippen LogP contribution in [0, 0.1) is 5.82 Å². The molecule has 0 aliphatic carbocycles. The van der Waals surface area contributed by atoms with Crippen LogP contribution in [-0.4, -0.2) is 10.2 Å². The molecule has 0 radical (unpaired) electrons. The fourth-order valence-electron chi connectivity index (χ4n) is 2.04. The summed E-state index contributed by atoms with van der Waals surface area (Å²) in [5.74, 6) is -0.641. The molecule has 1 aliphatic heterocycles. The molecule has 1 aliphatic rings. The van der Waals surface area contributed by atoms with Crippen molar-refractivity contribution in [3.05, 3.63) is 69.3 Å². The van der Waals surface area contributed by atoms with Crippen molar-refractivity contribution in [3.63, 3.8) is 0 Å². The molecule has 0 N–H and O–H groups in total. The number of rotatable bonds is 2. The van der Waals surface area contributed by atoms with Gasteiger partial charge in [-0.15, -0.1) is 0 Å². The summed E-state index contributed by atoms with van der Waals surface area (Å²) in [6.45, 7) is 0. The first-order valence-electron chi connectivity index (χ1n) is 6.34. The monoisotopic (exact) mass is 393 g/mol. The topological polar surface area (TPSA) is 20.3 Å². The third-order valence-corrected chi connectivity index (χ3v) is 5.08. The maximum Gasteiger partial charge on any atom is 0.270 e. The lowest BCUT2D eigenvalue weighted by Gasteiger charge is -2.14. The Labute approximate surface area is 145 Å². The van der Waals surface area contributed by atoms with Gasteiger partial charge in [0, 0.05) is 4.47 Å². The minimum atomic E-state index is -0.402. The molecule has 0 bridgehead atoms. The number of amides is 1. The molecule has 0 saturated carbocycles. The van der Waals surface area contributed by atoms with Gasteiger partial charge in [-0.05, 0) is 35.9 Å². The van der Waals surface area contributed by atoms with Crippen LogP contribution in [0.3, 0.4) is 0 Å². The molecule has 1 amide bonds. The number of thiocarbonyl (C=S) groups is 1. The van der Waals surface area contributed by atoms with E-state index < -0.39 is 5.82 Å². The Kier molecular flexibility index (Phi) is 4.42. The predicted octanol–water partition coefficient (Wildman–Crippen LogP) is 4.99. The highest BCUT2D eigenvalue weighted by molar-refractivity contribution is 9.10. The molecule has 1 saturated heterocycles. The van der Waals surface area contributed by atoms with E-state index in [1.54, 1.807) is 18.2 Å². The van der Waals surface area contributed by atoms with E-state index >= 15 is 0 Å². The number of carbonyl (C=O) groups excluding carboxylic acids is 1. The fourth-order valence-corrected chi connectivity index (χ4v) is 3.73. The summed E-state index contributed by atoms with van der Waals surface area (Å²) in [5.41, 5.74) is 1.33. The van der Waals surface area contributed by atoms with E-state index in [0.29, 0.717) is 14.9 Å². The van der Waals surface area contributed by atoms with E-state index in [4.69, 9.17) is 12.2 Å². The van der Waals surface area contributed by atoms with Crippen LogP contribution in [0.2, 0.25) is 0 Å². The summed E-state index contributed by atoms with van der Waals surface area (Å²) in [4.78, 5) is 14.4. The van der Waals surface area contributed by atoms with Crippen molar-refractivity contribution < 1.29 is 9.18 Å². The van der Waals surface area contributed by atoms with Gasteiger partial charge in [-0.1, -0.05) is 64.2 Å². The first-order chi connectivity index (χ1) is 10.6. The molecule has 2 aromatic rings. The molecular weight excluding hydrogens is 385 g/mol. The van der Waals surface area contributed by atoms with Crippen LogP contribution >= 0.6 is 39.9 Å². The Morgan fingerprint density at radius 1 is 1.18 bits per heavy atom. The second kappa shape index (κ2) is 6.32. The lowest BCUT2D eigenvalue weighted by molar-refractivity contribution is -0.113. The average molecular weight is 394 g/mol. The second-order valence-corrected chi connectivity index (χ2v) is 7.05. The molecule has 0 spiro atoms. The van der Waals surface area contributed by atoms with Crippen LogP contribution in [0.5, 0.6) is 0 Å². The molecule has 0 unspecified atom stereocenters. The number of hydrogen-bond acceptors (Lipinski definition) is 3. The number of nitrogens with zero attached hydrogens (tertiary/aromatic N) is 1. The van der Waals surface area contributed by atoms with Crippen molar-refractivity contribution in [2.75, 3.05) is 4.90 Å². The van der Waals surface area contributed by atoms with Gasteiger partial charge in [0.1, 0.15) is 5.82 Å². The van der Waals surface area contributed by atoms with Gasteiger partial charge in [0.2, 0.25) is 0 Å². The number of halogens is 2. The average Bonchev–Trinajstić information content (AvgIpc) is 2.76. The van der Waals surface area contributed by atoms with Gasteiger partial charge in [-0.25, -0.2) is 4.39 Å². The third-order valence-electron chi connectivity index (χ3n) is 3.05. The zero-order chi connectivity index (χ0) is 15.7. The highest BCUT2D eigenvalue weighted by Gasteiger charge is 2.33. The number of benzene rings is 2. The highest BCUT2D eigenvalue weighted by Crippen LogP contribution is 2.36. The molecule has 3 rings (SSSR count). The molecule has 2 nitrogen and oxygen atoms in total. The van der Waals surface area contributed by atoms with E-state index in [1.165, 1.54) is 28.8 Å². The zero-order valence-electron chi connectivity index (χ0n) is 11.1. The van der Waals surface area contributed by atoms with Crippen LogP contribution in [0.4, 0.5) is 10.1 Å². The number of hydrogen-bond donors (Lipinski definition) is 0. The van der Waals surface area contributed by atoms with Crippen LogP contribution in [0.15, 0.2) is 57.9 Å². The summed E-state index contributed by atoms with van der Waals surface area (Å²) < 4.78 is 14.7. The number of thioether (sulfide) groups is 1. The molecule has 1 heterocycles. The lowest BCUT2D eigenvalue weighted by Crippen LogP contribution is -2.27. The Morgan fingerprint density at radius 3 is 2.68 bits per heavy atom. The zero-order valence-corrected chi connectivity index (χ0v) is 14.3. The SMILES string of the molecule is O=C1C(=Cc2ccccc2Br)SC(=S)N1c1cccc(F)c1. The van der Waals surface area contributed by atoms with E-state index in [-0.39, 0.29) is 5.91 Å². The van der Waals surface area contributed by atoms with E-state index in [9.17, 15) is 9.18 Å². The summed E-state index contributed by atoms with van der Waals surface area (Å²) >= 11 is 9.92. The highest BCUT2D eigenvalue weighted by atomic mass is 79.9. The molecule has 0 aromatic heterocycles. The van der Waals surface area contributed by atoms with Crippen molar-refractivity contribution >= 4 is 61.9 Å². The minimum Gasteiger partial charge on any atom is -0.268 e. The van der Waals surface area contributed by atoms with Gasteiger partial charge in [0.15, 0.2) is 4.32 Å². The van der Waals surface area contributed by atoms with Gasteiger partial charge in [0.05, 0.1) is 10.6 Å². The summed E-state index contributed by atoms with van der Waals surface area (Å²) in [6.07, 6.45) is 1.78. The van der Waals surface area contributed by atoms with Crippen molar-refractivity contribution in [1.29, 1.82) is 0 Å². The van der Waals surface area contributed by atoms with Gasteiger partial charge in [-0.2, -0.15) is 0 Å². The summed E-state index contributed by atoms with van der Waals surface area (Å²) in [5, 5.41) is 0. The van der Waals surface area contributed by atoms with Crippen molar-refractivity contribution in [3.8, 4) is 0 Å². The maximum atomic E-state index is 13.4. The molecule has 6 heteroatoms. The predicted molar refractivity (Wildman–Crippen MR) is 96.2 cm³/mol. The molecule has 110 valence electrons. The first-order valence-corrected chi connectivity index (χ1v) is 8.36. The molecule has 1 fully saturated rings. The van der Waals surface area contributed by atoms with Gasteiger partial charge in [0.25, 0.3) is 5.91 Å². The van der Waals surface area contributed by atoms with E-state index in [0.717, 1.165) is 10.0 Å². The fraction of sp³-hybridized carbons (Fsp3) is 0. The van der Waals surface area contributed by atoms with Crippen LogP contribution < -0.4 is 4.90 Å². The second-order valence-electron chi connectivity index (χ2n) is 4.52. The van der Waals surface area contributed by atoms with Gasteiger partial charge < -0.3 is 0 Å².